The number of anilines is 3. The van der Waals surface area contributed by atoms with Crippen molar-refractivity contribution in [3.05, 3.63) is 88.7 Å². The summed E-state index contributed by atoms with van der Waals surface area (Å²) >= 11 is 0. The highest BCUT2D eigenvalue weighted by molar-refractivity contribution is 6.08. The summed E-state index contributed by atoms with van der Waals surface area (Å²) in [5, 5.41) is 8.69. The molecule has 0 saturated heterocycles. The fourth-order valence-corrected chi connectivity index (χ4v) is 3.30. The zero-order chi connectivity index (χ0) is 21.7. The van der Waals surface area contributed by atoms with Gasteiger partial charge in [-0.3, -0.25) is 9.59 Å². The van der Waals surface area contributed by atoms with E-state index in [4.69, 9.17) is 0 Å². The Bertz CT molecular complexity index is 1060. The highest BCUT2D eigenvalue weighted by Gasteiger charge is 2.13. The summed E-state index contributed by atoms with van der Waals surface area (Å²) < 4.78 is 13.1. The van der Waals surface area contributed by atoms with Crippen molar-refractivity contribution >= 4 is 28.9 Å². The van der Waals surface area contributed by atoms with E-state index >= 15 is 0 Å². The van der Waals surface area contributed by atoms with E-state index in [-0.39, 0.29) is 24.2 Å². The summed E-state index contributed by atoms with van der Waals surface area (Å²) in [5.74, 6) is -0.936. The quantitative estimate of drug-likeness (QED) is 0.537. The van der Waals surface area contributed by atoms with Crippen molar-refractivity contribution in [1.82, 2.24) is 0 Å². The third-order valence-electron chi connectivity index (χ3n) is 4.65. The summed E-state index contributed by atoms with van der Waals surface area (Å²) in [4.78, 5) is 25.1. The molecule has 0 aliphatic heterocycles. The van der Waals surface area contributed by atoms with Crippen LogP contribution in [0, 0.1) is 26.6 Å². The predicted molar refractivity (Wildman–Crippen MR) is 119 cm³/mol. The topological polar surface area (TPSA) is 70.2 Å². The Hall–Kier alpha value is -3.67. The van der Waals surface area contributed by atoms with Crippen molar-refractivity contribution in [1.29, 1.82) is 0 Å². The molecule has 5 nitrogen and oxygen atoms in total. The molecule has 154 valence electrons. The Kier molecular flexibility index (Phi) is 6.47. The van der Waals surface area contributed by atoms with Gasteiger partial charge in [-0.25, -0.2) is 4.39 Å². The minimum atomic E-state index is -0.375. The number of rotatable bonds is 6. The normalized spacial score (nSPS) is 10.4. The number of nitrogens with one attached hydrogen (secondary N) is 3. The summed E-state index contributed by atoms with van der Waals surface area (Å²) in [6, 6.07) is 16.5. The van der Waals surface area contributed by atoms with Gasteiger partial charge in [0.15, 0.2) is 0 Å². The first-order valence-corrected chi connectivity index (χ1v) is 9.61. The molecule has 0 spiro atoms. The Morgan fingerprint density at radius 2 is 1.50 bits per heavy atom. The number of amides is 2. The maximum atomic E-state index is 13.1. The van der Waals surface area contributed by atoms with Crippen LogP contribution in [0.2, 0.25) is 0 Å². The second-order valence-electron chi connectivity index (χ2n) is 7.18. The van der Waals surface area contributed by atoms with Gasteiger partial charge in [-0.1, -0.05) is 29.8 Å². The molecule has 3 N–H and O–H groups in total. The molecule has 3 aromatic rings. The van der Waals surface area contributed by atoms with Gasteiger partial charge < -0.3 is 16.0 Å². The second kappa shape index (κ2) is 9.22. The number of hydrogen-bond acceptors (Lipinski definition) is 3. The number of halogens is 1. The van der Waals surface area contributed by atoms with Crippen molar-refractivity contribution in [2.24, 2.45) is 0 Å². The molecule has 0 aliphatic rings. The Balaban J connectivity index is 1.67. The maximum absolute atomic E-state index is 13.1. The lowest BCUT2D eigenvalue weighted by Crippen LogP contribution is -2.24. The van der Waals surface area contributed by atoms with Crippen LogP contribution in [-0.2, 0) is 4.79 Å². The maximum Gasteiger partial charge on any atom is 0.257 e. The number of aryl methyl sites for hydroxylation is 3. The Morgan fingerprint density at radius 1 is 0.867 bits per heavy atom. The highest BCUT2D eigenvalue weighted by atomic mass is 19.1. The summed E-state index contributed by atoms with van der Waals surface area (Å²) in [6.45, 7) is 5.94. The average Bonchev–Trinajstić information content (AvgIpc) is 2.71. The van der Waals surface area contributed by atoms with Crippen LogP contribution in [0.4, 0.5) is 21.5 Å². The lowest BCUT2D eigenvalue weighted by atomic mass is 10.1. The molecule has 0 aromatic heterocycles. The Morgan fingerprint density at radius 3 is 2.17 bits per heavy atom. The SMILES string of the molecule is Cc1cc(C)c(NC(=O)CNc2ccccc2C(=O)Nc2ccc(F)cc2)c(C)c1. The van der Waals surface area contributed by atoms with Gasteiger partial charge in [0.25, 0.3) is 5.91 Å². The zero-order valence-electron chi connectivity index (χ0n) is 17.2. The third-order valence-corrected chi connectivity index (χ3v) is 4.65. The first kappa shape index (κ1) is 21.0. The third kappa shape index (κ3) is 5.23. The van der Waals surface area contributed by atoms with E-state index in [1.807, 2.05) is 32.9 Å². The molecule has 0 aliphatic carbocycles. The summed E-state index contributed by atoms with van der Waals surface area (Å²) in [7, 11) is 0. The molecule has 0 heterocycles. The smallest absolute Gasteiger partial charge is 0.257 e. The number of benzene rings is 3. The van der Waals surface area contributed by atoms with E-state index in [2.05, 4.69) is 16.0 Å². The van der Waals surface area contributed by atoms with Crippen molar-refractivity contribution in [3.63, 3.8) is 0 Å². The van der Waals surface area contributed by atoms with Gasteiger partial charge in [0, 0.05) is 17.1 Å². The van der Waals surface area contributed by atoms with Crippen LogP contribution in [0.3, 0.4) is 0 Å². The minimum Gasteiger partial charge on any atom is -0.376 e. The molecule has 0 bridgehead atoms. The van der Waals surface area contributed by atoms with Crippen LogP contribution in [0.25, 0.3) is 0 Å². The molecule has 3 aromatic carbocycles. The van der Waals surface area contributed by atoms with E-state index in [9.17, 15) is 14.0 Å². The Labute approximate surface area is 175 Å². The summed E-state index contributed by atoms with van der Waals surface area (Å²) in [5.41, 5.74) is 5.35. The standard InChI is InChI=1S/C24H24FN3O2/c1-15-12-16(2)23(17(3)13-15)28-22(29)14-26-21-7-5-4-6-20(21)24(30)27-19-10-8-18(25)9-11-19/h4-13,26H,14H2,1-3H3,(H,27,30)(H,28,29). The van der Waals surface area contributed by atoms with Crippen molar-refractivity contribution in [2.45, 2.75) is 20.8 Å². The molecule has 30 heavy (non-hydrogen) atoms. The van der Waals surface area contributed by atoms with E-state index in [1.54, 1.807) is 24.3 Å². The molecule has 2 amide bonds. The van der Waals surface area contributed by atoms with Crippen molar-refractivity contribution < 1.29 is 14.0 Å². The molecular formula is C24H24FN3O2. The first-order chi connectivity index (χ1) is 14.3. The summed E-state index contributed by atoms with van der Waals surface area (Å²) in [6.07, 6.45) is 0. The van der Waals surface area contributed by atoms with Crippen molar-refractivity contribution in [2.75, 3.05) is 22.5 Å². The second-order valence-corrected chi connectivity index (χ2v) is 7.18. The van der Waals surface area contributed by atoms with E-state index in [0.717, 1.165) is 22.4 Å². The van der Waals surface area contributed by atoms with Crippen LogP contribution in [0.1, 0.15) is 27.0 Å². The van der Waals surface area contributed by atoms with Crippen molar-refractivity contribution in [3.8, 4) is 0 Å². The molecule has 6 heteroatoms. The van der Waals surface area contributed by atoms with E-state index in [0.29, 0.717) is 16.9 Å². The number of hydrogen-bond donors (Lipinski definition) is 3. The fraction of sp³-hybridized carbons (Fsp3) is 0.167. The van der Waals surface area contributed by atoms with Crippen LogP contribution < -0.4 is 16.0 Å². The highest BCUT2D eigenvalue weighted by Crippen LogP contribution is 2.22. The first-order valence-electron chi connectivity index (χ1n) is 9.61. The largest absolute Gasteiger partial charge is 0.376 e. The van der Waals surface area contributed by atoms with Gasteiger partial charge in [0.2, 0.25) is 5.91 Å². The van der Waals surface area contributed by atoms with Crippen LogP contribution in [0.15, 0.2) is 60.7 Å². The lowest BCUT2D eigenvalue weighted by molar-refractivity contribution is -0.114. The molecule has 3 rings (SSSR count). The van der Waals surface area contributed by atoms with Gasteiger partial charge in [-0.05, 0) is 68.3 Å². The number of carbonyl (C=O) groups excluding carboxylic acids is 2. The number of para-hydroxylation sites is 1. The fourth-order valence-electron chi connectivity index (χ4n) is 3.30. The zero-order valence-corrected chi connectivity index (χ0v) is 17.2. The molecule has 0 unspecified atom stereocenters. The lowest BCUT2D eigenvalue weighted by Gasteiger charge is -2.15. The van der Waals surface area contributed by atoms with Gasteiger partial charge in [0.1, 0.15) is 5.82 Å². The monoisotopic (exact) mass is 405 g/mol. The van der Waals surface area contributed by atoms with Gasteiger partial charge in [-0.15, -0.1) is 0 Å². The van der Waals surface area contributed by atoms with Crippen LogP contribution in [0.5, 0.6) is 0 Å². The van der Waals surface area contributed by atoms with Crippen LogP contribution >= 0.6 is 0 Å². The molecular weight excluding hydrogens is 381 g/mol. The minimum absolute atomic E-state index is 0.00754. The molecule has 0 saturated carbocycles. The predicted octanol–water partition coefficient (Wildman–Crippen LogP) is 5.05. The van der Waals surface area contributed by atoms with Crippen LogP contribution in [-0.4, -0.2) is 18.4 Å². The van der Waals surface area contributed by atoms with E-state index in [1.165, 1.54) is 24.3 Å². The van der Waals surface area contributed by atoms with E-state index < -0.39 is 0 Å². The van der Waals surface area contributed by atoms with Gasteiger partial charge in [0.05, 0.1) is 12.1 Å². The van der Waals surface area contributed by atoms with Gasteiger partial charge >= 0.3 is 0 Å². The average molecular weight is 405 g/mol. The van der Waals surface area contributed by atoms with Gasteiger partial charge in [-0.2, -0.15) is 0 Å². The molecule has 0 radical (unpaired) electrons. The number of carbonyl (C=O) groups is 2. The molecule has 0 atom stereocenters. The molecule has 0 fully saturated rings.